The number of thiocarbonyl (C=S) groups is 1. The van der Waals surface area contributed by atoms with Gasteiger partial charge in [-0.25, -0.2) is 0 Å². The Morgan fingerprint density at radius 1 is 1.29 bits per heavy atom. The third kappa shape index (κ3) is 3.16. The summed E-state index contributed by atoms with van der Waals surface area (Å²) in [6, 6.07) is 11.7. The van der Waals surface area contributed by atoms with Crippen LogP contribution >= 0.6 is 24.0 Å². The fourth-order valence-corrected chi connectivity index (χ4v) is 3.67. The predicted octanol–water partition coefficient (Wildman–Crippen LogP) is 3.87. The topological polar surface area (TPSA) is 34.5 Å². The van der Waals surface area contributed by atoms with Crippen LogP contribution in [0.4, 0.5) is 0 Å². The minimum absolute atomic E-state index is 0.0765. The second kappa shape index (κ2) is 7.07. The molecular weight excluding hydrogens is 340 g/mol. The lowest BCUT2D eigenvalue weighted by Crippen LogP contribution is -2.27. The van der Waals surface area contributed by atoms with Crippen molar-refractivity contribution < 1.29 is 9.53 Å². The fraction of sp³-hybridized carbons (Fsp3) is 0.111. The Kier molecular flexibility index (Phi) is 4.87. The fourth-order valence-electron chi connectivity index (χ4n) is 2.41. The Labute approximate surface area is 150 Å². The molecule has 1 aliphatic heterocycles. The van der Waals surface area contributed by atoms with Crippen molar-refractivity contribution in [1.29, 1.82) is 0 Å². The third-order valence-electron chi connectivity index (χ3n) is 3.60. The summed E-state index contributed by atoms with van der Waals surface area (Å²) in [6.07, 6.45) is 5.50. The Balaban J connectivity index is 1.92. The average molecular weight is 356 g/mol. The summed E-state index contributed by atoms with van der Waals surface area (Å²) >= 11 is 6.59. The van der Waals surface area contributed by atoms with E-state index >= 15 is 0 Å². The first kappa shape index (κ1) is 16.5. The Morgan fingerprint density at radius 2 is 2.04 bits per heavy atom. The molecular formula is C18H16N2O2S2. The number of nitrogens with zero attached hydrogens (tertiary/aromatic N) is 2. The summed E-state index contributed by atoms with van der Waals surface area (Å²) in [5, 5.41) is 0. The van der Waals surface area contributed by atoms with E-state index < -0.39 is 0 Å². The molecule has 1 aromatic carbocycles. The summed E-state index contributed by atoms with van der Waals surface area (Å²) in [7, 11) is 1.64. The molecule has 0 unspecified atom stereocenters. The molecule has 2 aromatic rings. The quantitative estimate of drug-likeness (QED) is 0.463. The van der Waals surface area contributed by atoms with Gasteiger partial charge in [0.1, 0.15) is 10.1 Å². The van der Waals surface area contributed by atoms with Gasteiger partial charge in [0.25, 0.3) is 5.91 Å². The monoisotopic (exact) mass is 356 g/mol. The second-order valence-electron chi connectivity index (χ2n) is 5.08. The van der Waals surface area contributed by atoms with Gasteiger partial charge < -0.3 is 9.30 Å². The van der Waals surface area contributed by atoms with Gasteiger partial charge in [0.2, 0.25) is 0 Å². The van der Waals surface area contributed by atoms with Gasteiger partial charge in [0, 0.05) is 24.1 Å². The van der Waals surface area contributed by atoms with Crippen molar-refractivity contribution in [3.05, 3.63) is 65.8 Å². The van der Waals surface area contributed by atoms with Crippen molar-refractivity contribution in [2.24, 2.45) is 0 Å². The lowest BCUT2D eigenvalue weighted by atomic mass is 10.3. The van der Waals surface area contributed by atoms with Crippen LogP contribution in [0.15, 0.2) is 60.2 Å². The number of methoxy groups -OCH3 is 1. The number of ether oxygens (including phenoxy) is 1. The molecule has 6 heteroatoms. The molecule has 4 nitrogen and oxygen atoms in total. The zero-order valence-corrected chi connectivity index (χ0v) is 14.8. The highest BCUT2D eigenvalue weighted by atomic mass is 32.2. The molecule has 0 spiro atoms. The van der Waals surface area contributed by atoms with Gasteiger partial charge in [0.05, 0.1) is 12.0 Å². The number of hydrogen-bond donors (Lipinski definition) is 0. The second-order valence-corrected chi connectivity index (χ2v) is 6.76. The largest absolute Gasteiger partial charge is 0.497 e. The Bertz CT molecular complexity index is 822. The van der Waals surface area contributed by atoms with E-state index in [1.807, 2.05) is 53.2 Å². The normalized spacial score (nSPS) is 16.0. The van der Waals surface area contributed by atoms with Gasteiger partial charge in [-0.2, -0.15) is 0 Å². The first-order valence-electron chi connectivity index (χ1n) is 7.32. The van der Waals surface area contributed by atoms with Crippen LogP contribution in [0.1, 0.15) is 5.69 Å². The van der Waals surface area contributed by atoms with Crippen LogP contribution in [0.3, 0.4) is 0 Å². The molecule has 1 amide bonds. The van der Waals surface area contributed by atoms with Crippen molar-refractivity contribution in [2.45, 2.75) is 0 Å². The number of carbonyl (C=O) groups excluding carboxylic acids is 1. The highest BCUT2D eigenvalue weighted by Gasteiger charge is 2.31. The molecule has 0 saturated carbocycles. The van der Waals surface area contributed by atoms with Crippen LogP contribution in [0.5, 0.6) is 5.75 Å². The molecule has 3 rings (SSSR count). The third-order valence-corrected chi connectivity index (χ3v) is 4.97. The molecule has 0 aliphatic carbocycles. The van der Waals surface area contributed by atoms with Gasteiger partial charge >= 0.3 is 0 Å². The SMILES string of the molecule is C=CCN1C(=O)/C(=C/c2cccn2-c2ccc(OC)cc2)SC1=S. The summed E-state index contributed by atoms with van der Waals surface area (Å²) in [6.45, 7) is 4.10. The standard InChI is InChI=1S/C18H16N2O2S2/c1-3-10-20-17(21)16(24-18(20)23)12-14-5-4-11-19(14)13-6-8-15(22-2)9-7-13/h3-9,11-12H,1,10H2,2H3/b16-12-. The van der Waals surface area contributed by atoms with Crippen LogP contribution in [0.25, 0.3) is 11.8 Å². The summed E-state index contributed by atoms with van der Waals surface area (Å²) in [4.78, 5) is 14.6. The molecule has 1 fully saturated rings. The highest BCUT2D eigenvalue weighted by Crippen LogP contribution is 2.32. The van der Waals surface area contributed by atoms with E-state index in [9.17, 15) is 4.79 Å². The van der Waals surface area contributed by atoms with E-state index in [4.69, 9.17) is 17.0 Å². The molecule has 1 aromatic heterocycles. The van der Waals surface area contributed by atoms with Crippen LogP contribution in [-0.4, -0.2) is 33.3 Å². The van der Waals surface area contributed by atoms with E-state index in [1.54, 1.807) is 18.1 Å². The molecule has 24 heavy (non-hydrogen) atoms. The molecule has 0 bridgehead atoms. The minimum Gasteiger partial charge on any atom is -0.497 e. The van der Waals surface area contributed by atoms with E-state index in [0.717, 1.165) is 17.1 Å². The number of rotatable bonds is 5. The zero-order chi connectivity index (χ0) is 17.1. The zero-order valence-electron chi connectivity index (χ0n) is 13.1. The first-order valence-corrected chi connectivity index (χ1v) is 8.54. The summed E-state index contributed by atoms with van der Waals surface area (Å²) < 4.78 is 7.76. The van der Waals surface area contributed by atoms with Gasteiger partial charge in [-0.3, -0.25) is 9.69 Å². The van der Waals surface area contributed by atoms with Crippen LogP contribution in [-0.2, 0) is 4.79 Å². The number of carbonyl (C=O) groups is 1. The first-order chi connectivity index (χ1) is 11.6. The van der Waals surface area contributed by atoms with E-state index in [1.165, 1.54) is 11.8 Å². The Hall–Kier alpha value is -2.31. The number of thioether (sulfide) groups is 1. The number of hydrogen-bond acceptors (Lipinski definition) is 4. The van der Waals surface area contributed by atoms with E-state index in [0.29, 0.717) is 15.8 Å². The molecule has 122 valence electrons. The number of amides is 1. The van der Waals surface area contributed by atoms with Crippen molar-refractivity contribution in [3.8, 4) is 11.4 Å². The van der Waals surface area contributed by atoms with Crippen molar-refractivity contribution in [3.63, 3.8) is 0 Å². The smallest absolute Gasteiger partial charge is 0.266 e. The van der Waals surface area contributed by atoms with Crippen LogP contribution < -0.4 is 4.74 Å². The van der Waals surface area contributed by atoms with Crippen molar-refractivity contribution in [1.82, 2.24) is 9.47 Å². The summed E-state index contributed by atoms with van der Waals surface area (Å²) in [5.74, 6) is 0.727. The van der Waals surface area contributed by atoms with Gasteiger partial charge in [-0.1, -0.05) is 30.1 Å². The number of benzene rings is 1. The molecule has 0 N–H and O–H groups in total. The van der Waals surface area contributed by atoms with Gasteiger partial charge in [0.15, 0.2) is 0 Å². The van der Waals surface area contributed by atoms with E-state index in [-0.39, 0.29) is 5.91 Å². The maximum absolute atomic E-state index is 12.4. The number of aromatic nitrogens is 1. The molecule has 0 radical (unpaired) electrons. The lowest BCUT2D eigenvalue weighted by molar-refractivity contribution is -0.121. The van der Waals surface area contributed by atoms with Crippen LogP contribution in [0, 0.1) is 0 Å². The molecule has 0 atom stereocenters. The maximum atomic E-state index is 12.4. The molecule has 1 aliphatic rings. The predicted molar refractivity (Wildman–Crippen MR) is 102 cm³/mol. The molecule has 2 heterocycles. The maximum Gasteiger partial charge on any atom is 0.266 e. The highest BCUT2D eigenvalue weighted by molar-refractivity contribution is 8.26. The molecule has 1 saturated heterocycles. The minimum atomic E-state index is -0.0765. The van der Waals surface area contributed by atoms with E-state index in [2.05, 4.69) is 6.58 Å². The summed E-state index contributed by atoms with van der Waals surface area (Å²) in [5.41, 5.74) is 1.91. The van der Waals surface area contributed by atoms with Crippen LogP contribution in [0.2, 0.25) is 0 Å². The van der Waals surface area contributed by atoms with Crippen molar-refractivity contribution >= 4 is 40.3 Å². The van der Waals surface area contributed by atoms with Gasteiger partial charge in [-0.05, 0) is 42.5 Å². The lowest BCUT2D eigenvalue weighted by Gasteiger charge is -2.10. The average Bonchev–Trinajstić information content (AvgIpc) is 3.16. The van der Waals surface area contributed by atoms with Gasteiger partial charge in [-0.15, -0.1) is 6.58 Å². The Morgan fingerprint density at radius 3 is 2.71 bits per heavy atom. The van der Waals surface area contributed by atoms with Crippen molar-refractivity contribution in [2.75, 3.05) is 13.7 Å².